The maximum atomic E-state index is 13.6. The lowest BCUT2D eigenvalue weighted by atomic mass is 10.1. The van der Waals surface area contributed by atoms with E-state index in [1.165, 1.54) is 10.9 Å². The number of ether oxygens (including phenoxy) is 1. The number of hydrogen-bond acceptors (Lipinski definition) is 6. The van der Waals surface area contributed by atoms with Gasteiger partial charge in [-0.3, -0.25) is 14.5 Å². The number of aryl methyl sites for hydroxylation is 1. The van der Waals surface area contributed by atoms with Gasteiger partial charge in [-0.1, -0.05) is 19.1 Å². The predicted molar refractivity (Wildman–Crippen MR) is 124 cm³/mol. The van der Waals surface area contributed by atoms with Gasteiger partial charge in [0.15, 0.2) is 6.23 Å². The van der Waals surface area contributed by atoms with Crippen LogP contribution in [0.5, 0.6) is 0 Å². The molecule has 5 rings (SSSR count). The summed E-state index contributed by atoms with van der Waals surface area (Å²) in [5.41, 5.74) is 3.28. The Morgan fingerprint density at radius 3 is 2.74 bits per heavy atom. The number of amides is 1. The van der Waals surface area contributed by atoms with Crippen molar-refractivity contribution < 1.29 is 13.9 Å². The molecule has 3 aromatic heterocycles. The fourth-order valence-corrected chi connectivity index (χ4v) is 3.85. The van der Waals surface area contributed by atoms with Gasteiger partial charge in [0.2, 0.25) is 0 Å². The van der Waals surface area contributed by atoms with Crippen LogP contribution in [0.25, 0.3) is 17.1 Å². The zero-order valence-corrected chi connectivity index (χ0v) is 18.0. The fourth-order valence-electron chi connectivity index (χ4n) is 3.85. The first-order chi connectivity index (χ1) is 16.1. The Morgan fingerprint density at radius 1 is 1.15 bits per heavy atom. The molecule has 0 radical (unpaired) electrons. The van der Waals surface area contributed by atoms with Crippen LogP contribution in [-0.2, 0) is 11.3 Å². The van der Waals surface area contributed by atoms with Gasteiger partial charge in [-0.2, -0.15) is 20.1 Å². The molecule has 4 heterocycles. The maximum Gasteiger partial charge on any atom is 0.258 e. The molecule has 9 nitrogen and oxygen atoms in total. The summed E-state index contributed by atoms with van der Waals surface area (Å²) in [6.07, 6.45) is 6.37. The molecule has 0 saturated carbocycles. The first-order valence-corrected chi connectivity index (χ1v) is 10.6. The third-order valence-corrected chi connectivity index (χ3v) is 5.45. The first kappa shape index (κ1) is 23.2. The minimum Gasteiger partial charge on any atom is -0.356 e. The van der Waals surface area contributed by atoms with Crippen LogP contribution in [0.3, 0.4) is 0 Å². The number of benzene rings is 1. The van der Waals surface area contributed by atoms with Crippen LogP contribution in [0.2, 0.25) is 0 Å². The topological polar surface area (TPSA) is 91.0 Å². The summed E-state index contributed by atoms with van der Waals surface area (Å²) >= 11 is 0. The van der Waals surface area contributed by atoms with E-state index >= 15 is 0 Å². The van der Waals surface area contributed by atoms with Crippen molar-refractivity contribution in [1.29, 1.82) is 0 Å². The smallest absolute Gasteiger partial charge is 0.258 e. The Balaban J connectivity index is 0.00000274. The number of carbonyl (C=O) groups excluding carboxylic acids is 1. The molecule has 0 unspecified atom stereocenters. The molecule has 176 valence electrons. The van der Waals surface area contributed by atoms with Crippen molar-refractivity contribution in [2.45, 2.75) is 33.5 Å². The van der Waals surface area contributed by atoms with Gasteiger partial charge in [0.05, 0.1) is 48.7 Å². The highest BCUT2D eigenvalue weighted by atomic mass is 19.1. The Morgan fingerprint density at radius 2 is 1.97 bits per heavy atom. The minimum atomic E-state index is -0.487. The number of pyridine rings is 1. The average molecular weight is 464 g/mol. The van der Waals surface area contributed by atoms with Crippen molar-refractivity contribution in [3.05, 3.63) is 78.1 Å². The van der Waals surface area contributed by atoms with E-state index in [-0.39, 0.29) is 13.3 Å². The molecule has 0 bridgehead atoms. The molecule has 0 spiro atoms. The average Bonchev–Trinajstić information content (AvgIpc) is 3.52. The third kappa shape index (κ3) is 4.72. The Labute approximate surface area is 196 Å². The second-order valence-electron chi connectivity index (χ2n) is 7.80. The largest absolute Gasteiger partial charge is 0.356 e. The molecule has 1 aliphatic rings. The first-order valence-electron chi connectivity index (χ1n) is 10.6. The number of hydrogen-bond donors (Lipinski definition) is 0. The summed E-state index contributed by atoms with van der Waals surface area (Å²) in [5.74, 6) is -0.549. The Kier molecular flexibility index (Phi) is 6.78. The highest BCUT2D eigenvalue weighted by Crippen LogP contribution is 2.22. The van der Waals surface area contributed by atoms with Crippen molar-refractivity contribution in [2.24, 2.45) is 0 Å². The van der Waals surface area contributed by atoms with E-state index in [0.29, 0.717) is 42.3 Å². The summed E-state index contributed by atoms with van der Waals surface area (Å²) in [7, 11) is 0. The van der Waals surface area contributed by atoms with Crippen LogP contribution in [-0.4, -0.2) is 59.9 Å². The van der Waals surface area contributed by atoms with Crippen molar-refractivity contribution in [3.63, 3.8) is 0 Å². The van der Waals surface area contributed by atoms with E-state index in [1.54, 1.807) is 40.3 Å². The lowest BCUT2D eigenvalue weighted by Crippen LogP contribution is -2.48. The minimum absolute atomic E-state index is 0. The van der Waals surface area contributed by atoms with Gasteiger partial charge in [-0.05, 0) is 43.7 Å². The standard InChI is InChI=1S/C23H22FN7O2.CH4/c1-16-3-6-21(31-26-8-9-27-31)18(13-16)23(32)30-10-2-12-33-22(30)15-29-11-7-20(28-29)19-5-4-17(24)14-25-19;/h3-9,11,13-14,22H,2,10,12,15H2,1H3;1H4/t22-;/m0./s1. The Bertz CT molecular complexity index is 1250. The molecular weight excluding hydrogens is 437 g/mol. The van der Waals surface area contributed by atoms with E-state index in [9.17, 15) is 9.18 Å². The van der Waals surface area contributed by atoms with Crippen LogP contribution in [0.1, 0.15) is 29.8 Å². The monoisotopic (exact) mass is 463 g/mol. The summed E-state index contributed by atoms with van der Waals surface area (Å²) in [6.45, 7) is 3.42. The van der Waals surface area contributed by atoms with Crippen LogP contribution < -0.4 is 0 Å². The van der Waals surface area contributed by atoms with Crippen LogP contribution in [0.15, 0.2) is 61.2 Å². The molecule has 0 N–H and O–H groups in total. The van der Waals surface area contributed by atoms with E-state index in [1.807, 2.05) is 25.1 Å². The van der Waals surface area contributed by atoms with Crippen LogP contribution in [0, 0.1) is 12.7 Å². The van der Waals surface area contributed by atoms with Gasteiger partial charge >= 0.3 is 0 Å². The SMILES string of the molecule is C.Cc1ccc(-n2nccn2)c(C(=O)N2CCCO[C@H]2Cn2ccc(-c3ccc(F)cn3)n2)c1. The number of halogens is 1. The highest BCUT2D eigenvalue weighted by molar-refractivity contribution is 5.98. The zero-order chi connectivity index (χ0) is 22.8. The summed E-state index contributed by atoms with van der Waals surface area (Å²) in [5, 5.41) is 12.9. The molecule has 34 heavy (non-hydrogen) atoms. The summed E-state index contributed by atoms with van der Waals surface area (Å²) < 4.78 is 20.8. The van der Waals surface area contributed by atoms with Crippen LogP contribution in [0.4, 0.5) is 4.39 Å². The van der Waals surface area contributed by atoms with Gasteiger partial charge in [0.1, 0.15) is 11.5 Å². The van der Waals surface area contributed by atoms with Gasteiger partial charge in [0.25, 0.3) is 5.91 Å². The molecule has 10 heteroatoms. The van der Waals surface area contributed by atoms with Crippen molar-refractivity contribution in [1.82, 2.24) is 34.7 Å². The maximum absolute atomic E-state index is 13.6. The number of nitrogens with zero attached hydrogens (tertiary/aromatic N) is 7. The van der Waals surface area contributed by atoms with Crippen molar-refractivity contribution in [2.75, 3.05) is 13.2 Å². The predicted octanol–water partition coefficient (Wildman–Crippen LogP) is 3.50. The lowest BCUT2D eigenvalue weighted by Gasteiger charge is -2.36. The van der Waals surface area contributed by atoms with Gasteiger partial charge in [-0.25, -0.2) is 4.39 Å². The summed E-state index contributed by atoms with van der Waals surface area (Å²) in [6, 6.07) is 10.3. The van der Waals surface area contributed by atoms with E-state index < -0.39 is 12.0 Å². The van der Waals surface area contributed by atoms with E-state index in [2.05, 4.69) is 20.3 Å². The molecule has 0 aliphatic carbocycles. The number of aromatic nitrogens is 6. The highest BCUT2D eigenvalue weighted by Gasteiger charge is 2.30. The van der Waals surface area contributed by atoms with Gasteiger partial charge in [-0.15, -0.1) is 0 Å². The van der Waals surface area contributed by atoms with Crippen LogP contribution >= 0.6 is 0 Å². The number of rotatable bonds is 5. The molecular formula is C24H26FN7O2. The fraction of sp³-hybridized carbons (Fsp3) is 0.292. The van der Waals surface area contributed by atoms with Gasteiger partial charge in [0, 0.05) is 12.7 Å². The van der Waals surface area contributed by atoms with Gasteiger partial charge < -0.3 is 9.64 Å². The van der Waals surface area contributed by atoms with Crippen molar-refractivity contribution in [3.8, 4) is 17.1 Å². The number of carbonyl (C=O) groups is 1. The quantitative estimate of drug-likeness (QED) is 0.450. The molecule has 1 saturated heterocycles. The van der Waals surface area contributed by atoms with E-state index in [4.69, 9.17) is 4.74 Å². The Hall–Kier alpha value is -3.92. The molecule has 4 aromatic rings. The molecule has 1 aliphatic heterocycles. The molecule has 1 aromatic carbocycles. The van der Waals surface area contributed by atoms with Crippen molar-refractivity contribution >= 4 is 5.91 Å². The second-order valence-corrected chi connectivity index (χ2v) is 7.80. The molecule has 1 atom stereocenters. The third-order valence-electron chi connectivity index (χ3n) is 5.45. The molecule has 1 fully saturated rings. The summed E-state index contributed by atoms with van der Waals surface area (Å²) in [4.78, 5) is 20.9. The normalized spacial score (nSPS) is 15.7. The molecule has 1 amide bonds. The van der Waals surface area contributed by atoms with E-state index in [0.717, 1.165) is 18.2 Å². The second kappa shape index (κ2) is 9.92. The lowest BCUT2D eigenvalue weighted by molar-refractivity contribution is -0.0861. The zero-order valence-electron chi connectivity index (χ0n) is 18.0.